The van der Waals surface area contributed by atoms with Gasteiger partial charge in [0, 0.05) is 36.8 Å². The van der Waals surface area contributed by atoms with E-state index in [1.54, 1.807) is 6.07 Å². The number of aromatic hydroxyl groups is 1. The molecule has 1 saturated heterocycles. The summed E-state index contributed by atoms with van der Waals surface area (Å²) in [5, 5.41) is 24.4. The maximum absolute atomic E-state index is 13.8. The van der Waals surface area contributed by atoms with Gasteiger partial charge in [0.25, 0.3) is 0 Å². The standard InChI is InChI=1S/C30H36ClN5O3/c1-20-18-26(38)28-27(20)29(34-19-33-28)35-14-16-36(17-15-35)30(39)24(21-6-8-23(31)9-7-21)11-13-32-12-10-22-4-2-3-5-25(22)37/h2-9,19-20,24,26,32,37-38H,10-18H2,1H3/t20-,24-,26-/m1/s1. The molecule has 2 heterocycles. The van der Waals surface area contributed by atoms with Gasteiger partial charge in [-0.2, -0.15) is 0 Å². The molecule has 3 aromatic rings. The van der Waals surface area contributed by atoms with Crippen LogP contribution in [0.4, 0.5) is 5.82 Å². The first-order valence-corrected chi connectivity index (χ1v) is 14.1. The molecular weight excluding hydrogens is 514 g/mol. The lowest BCUT2D eigenvalue weighted by molar-refractivity contribution is -0.133. The molecule has 0 bridgehead atoms. The topological polar surface area (TPSA) is 102 Å². The maximum atomic E-state index is 13.8. The molecule has 1 aromatic heterocycles. The van der Waals surface area contributed by atoms with E-state index in [4.69, 9.17) is 11.6 Å². The summed E-state index contributed by atoms with van der Waals surface area (Å²) < 4.78 is 0. The molecule has 0 radical (unpaired) electrons. The number of piperazine rings is 1. The highest BCUT2D eigenvalue weighted by Crippen LogP contribution is 2.42. The minimum absolute atomic E-state index is 0.121. The van der Waals surface area contributed by atoms with Crippen molar-refractivity contribution in [2.45, 2.75) is 44.1 Å². The van der Waals surface area contributed by atoms with E-state index in [2.05, 4.69) is 27.1 Å². The molecule has 206 valence electrons. The molecule has 8 nitrogen and oxygen atoms in total. The van der Waals surface area contributed by atoms with E-state index < -0.39 is 6.10 Å². The Kier molecular flexibility index (Phi) is 8.65. The van der Waals surface area contributed by atoms with Gasteiger partial charge in [0.2, 0.25) is 5.91 Å². The SMILES string of the molecule is C[C@@H]1C[C@@H](O)c2ncnc(N3CCN(C(=O)[C@H](CCNCCc4ccccc4O)c4ccc(Cl)cc4)CC3)c21. The third kappa shape index (κ3) is 6.19. The van der Waals surface area contributed by atoms with E-state index in [1.807, 2.05) is 47.4 Å². The summed E-state index contributed by atoms with van der Waals surface area (Å²) in [6.07, 6.45) is 3.05. The zero-order valence-electron chi connectivity index (χ0n) is 22.3. The molecule has 0 unspecified atom stereocenters. The smallest absolute Gasteiger partial charge is 0.230 e. The van der Waals surface area contributed by atoms with Gasteiger partial charge in [-0.25, -0.2) is 9.97 Å². The van der Waals surface area contributed by atoms with Crippen molar-refractivity contribution in [3.63, 3.8) is 0 Å². The number of aliphatic hydroxyl groups excluding tert-OH is 1. The van der Waals surface area contributed by atoms with Crippen molar-refractivity contribution >= 4 is 23.3 Å². The predicted molar refractivity (Wildman–Crippen MR) is 152 cm³/mol. The first-order chi connectivity index (χ1) is 18.9. The summed E-state index contributed by atoms with van der Waals surface area (Å²) in [4.78, 5) is 26.9. The van der Waals surface area contributed by atoms with E-state index >= 15 is 0 Å². The van der Waals surface area contributed by atoms with Crippen molar-refractivity contribution in [2.24, 2.45) is 0 Å². The van der Waals surface area contributed by atoms with Crippen LogP contribution in [0.1, 0.15) is 60.1 Å². The van der Waals surface area contributed by atoms with Crippen LogP contribution in [0.25, 0.3) is 0 Å². The van der Waals surface area contributed by atoms with Gasteiger partial charge in [0.05, 0.1) is 17.7 Å². The minimum atomic E-state index is -0.535. The summed E-state index contributed by atoms with van der Waals surface area (Å²) >= 11 is 6.14. The number of aromatic nitrogens is 2. The Bertz CT molecular complexity index is 1280. The molecule has 3 atom stereocenters. The number of rotatable bonds is 9. The largest absolute Gasteiger partial charge is 0.508 e. The van der Waals surface area contributed by atoms with Crippen LogP contribution in [0.5, 0.6) is 5.75 Å². The molecule has 3 N–H and O–H groups in total. The molecule has 2 aliphatic rings. The number of benzene rings is 2. The fourth-order valence-corrected chi connectivity index (χ4v) is 5.88. The van der Waals surface area contributed by atoms with Crippen LogP contribution in [0.2, 0.25) is 5.02 Å². The van der Waals surface area contributed by atoms with Gasteiger partial charge in [-0.05, 0) is 67.6 Å². The number of halogens is 1. The molecule has 1 aliphatic carbocycles. The molecule has 0 saturated carbocycles. The quantitative estimate of drug-likeness (QED) is 0.346. The number of carbonyl (C=O) groups excluding carboxylic acids is 1. The van der Waals surface area contributed by atoms with Crippen LogP contribution in [-0.4, -0.2) is 70.3 Å². The molecular formula is C30H36ClN5O3. The second-order valence-electron chi connectivity index (χ2n) is 10.5. The molecule has 9 heteroatoms. The Morgan fingerprint density at radius 2 is 1.82 bits per heavy atom. The van der Waals surface area contributed by atoms with Crippen molar-refractivity contribution in [1.82, 2.24) is 20.2 Å². The minimum Gasteiger partial charge on any atom is -0.508 e. The van der Waals surface area contributed by atoms with Gasteiger partial charge in [0.1, 0.15) is 17.9 Å². The maximum Gasteiger partial charge on any atom is 0.230 e. The lowest BCUT2D eigenvalue weighted by Gasteiger charge is -2.38. The Morgan fingerprint density at radius 1 is 1.08 bits per heavy atom. The first-order valence-electron chi connectivity index (χ1n) is 13.7. The van der Waals surface area contributed by atoms with E-state index in [0.717, 1.165) is 34.6 Å². The van der Waals surface area contributed by atoms with Gasteiger partial charge in [-0.1, -0.05) is 48.9 Å². The van der Waals surface area contributed by atoms with E-state index in [-0.39, 0.29) is 17.7 Å². The highest BCUT2D eigenvalue weighted by Gasteiger charge is 2.35. The number of phenols is 1. The van der Waals surface area contributed by atoms with Gasteiger partial charge >= 0.3 is 0 Å². The van der Waals surface area contributed by atoms with Crippen LogP contribution in [0.15, 0.2) is 54.9 Å². The summed E-state index contributed by atoms with van der Waals surface area (Å²) in [5.41, 5.74) is 3.65. The lowest BCUT2D eigenvalue weighted by Crippen LogP contribution is -2.50. The monoisotopic (exact) mass is 549 g/mol. The number of hydrogen-bond acceptors (Lipinski definition) is 7. The highest BCUT2D eigenvalue weighted by atomic mass is 35.5. The van der Waals surface area contributed by atoms with Crippen molar-refractivity contribution < 1.29 is 15.0 Å². The van der Waals surface area contributed by atoms with Gasteiger partial charge in [0.15, 0.2) is 0 Å². The van der Waals surface area contributed by atoms with Crippen molar-refractivity contribution in [3.05, 3.63) is 82.3 Å². The fraction of sp³-hybridized carbons (Fsp3) is 0.433. The van der Waals surface area contributed by atoms with Crippen LogP contribution in [0, 0.1) is 0 Å². The number of nitrogens with zero attached hydrogens (tertiary/aromatic N) is 4. The van der Waals surface area contributed by atoms with Gasteiger partial charge < -0.3 is 25.3 Å². The second-order valence-corrected chi connectivity index (χ2v) is 10.9. The second kappa shape index (κ2) is 12.3. The van der Waals surface area contributed by atoms with Crippen LogP contribution < -0.4 is 10.2 Å². The van der Waals surface area contributed by atoms with Crippen LogP contribution in [0.3, 0.4) is 0 Å². The summed E-state index contributed by atoms with van der Waals surface area (Å²) in [5.74, 6) is 1.25. The average Bonchev–Trinajstić information content (AvgIpc) is 3.25. The number of amides is 1. The molecule has 1 amide bonds. The number of carbonyl (C=O) groups is 1. The molecule has 1 fully saturated rings. The number of para-hydroxylation sites is 1. The number of aliphatic hydroxyl groups is 1. The number of hydrogen-bond donors (Lipinski definition) is 3. The molecule has 5 rings (SSSR count). The van der Waals surface area contributed by atoms with E-state index in [1.165, 1.54) is 6.33 Å². The number of phenolic OH excluding ortho intramolecular Hbond substituents is 1. The molecule has 2 aromatic carbocycles. The third-order valence-corrected chi connectivity index (χ3v) is 8.16. The third-order valence-electron chi connectivity index (χ3n) is 7.91. The van der Waals surface area contributed by atoms with Gasteiger partial charge in [-0.3, -0.25) is 4.79 Å². The summed E-state index contributed by atoms with van der Waals surface area (Å²) in [6, 6.07) is 14.9. The zero-order valence-corrected chi connectivity index (χ0v) is 23.0. The number of nitrogens with one attached hydrogen (secondary N) is 1. The van der Waals surface area contributed by atoms with Crippen molar-refractivity contribution in [3.8, 4) is 5.75 Å². The number of fused-ring (bicyclic) bond motifs is 1. The van der Waals surface area contributed by atoms with Crippen LogP contribution >= 0.6 is 11.6 Å². The molecule has 1 aliphatic heterocycles. The van der Waals surface area contributed by atoms with E-state index in [9.17, 15) is 15.0 Å². The molecule has 0 spiro atoms. The Labute approximate surface area is 234 Å². The Hall–Kier alpha value is -3.20. The van der Waals surface area contributed by atoms with Gasteiger partial charge in [-0.15, -0.1) is 0 Å². The fourth-order valence-electron chi connectivity index (χ4n) is 5.76. The normalized spacial score (nSPS) is 19.7. The lowest BCUT2D eigenvalue weighted by atomic mass is 9.93. The number of anilines is 1. The van der Waals surface area contributed by atoms with E-state index in [0.29, 0.717) is 62.9 Å². The van der Waals surface area contributed by atoms with Crippen LogP contribution in [-0.2, 0) is 11.2 Å². The highest BCUT2D eigenvalue weighted by molar-refractivity contribution is 6.30. The first kappa shape index (κ1) is 27.4. The Balaban J connectivity index is 1.21. The molecule has 39 heavy (non-hydrogen) atoms. The summed E-state index contributed by atoms with van der Waals surface area (Å²) in [6.45, 7) is 6.09. The van der Waals surface area contributed by atoms with Crippen molar-refractivity contribution in [2.75, 3.05) is 44.2 Å². The predicted octanol–water partition coefficient (Wildman–Crippen LogP) is 4.03. The summed E-state index contributed by atoms with van der Waals surface area (Å²) in [7, 11) is 0. The average molecular weight is 550 g/mol. The van der Waals surface area contributed by atoms with Crippen molar-refractivity contribution in [1.29, 1.82) is 0 Å². The Morgan fingerprint density at radius 3 is 2.56 bits per heavy atom. The zero-order chi connectivity index (χ0) is 27.4.